The van der Waals surface area contributed by atoms with E-state index in [1.165, 1.54) is 16.3 Å². The van der Waals surface area contributed by atoms with E-state index in [0.717, 1.165) is 24.8 Å². The molecule has 2 aliphatic rings. The number of hydrogen-bond donors (Lipinski definition) is 1. The molecule has 0 radical (unpaired) electrons. The smallest absolute Gasteiger partial charge is 0.243 e. The van der Waals surface area contributed by atoms with Crippen LogP contribution in [0.5, 0.6) is 0 Å². The minimum atomic E-state index is -3.50. The SMILES string of the molecule is O=S(=O)(c1ccc2c(c1)CCCC2)N1CCOC(CO)C1. The molecular weight excluding hydrogens is 290 g/mol. The fourth-order valence-electron chi connectivity index (χ4n) is 3.04. The molecule has 6 heteroatoms. The summed E-state index contributed by atoms with van der Waals surface area (Å²) in [6, 6.07) is 5.49. The molecule has 1 saturated heterocycles. The topological polar surface area (TPSA) is 66.8 Å². The van der Waals surface area contributed by atoms with Crippen molar-refractivity contribution < 1.29 is 18.3 Å². The Morgan fingerprint density at radius 2 is 2.00 bits per heavy atom. The molecule has 0 amide bonds. The number of hydrogen-bond acceptors (Lipinski definition) is 4. The Kier molecular flexibility index (Phi) is 4.31. The minimum Gasteiger partial charge on any atom is -0.394 e. The van der Waals surface area contributed by atoms with Crippen molar-refractivity contribution in [1.29, 1.82) is 0 Å². The molecule has 1 fully saturated rings. The fraction of sp³-hybridized carbons (Fsp3) is 0.600. The lowest BCUT2D eigenvalue weighted by atomic mass is 9.92. The summed E-state index contributed by atoms with van der Waals surface area (Å²) < 4.78 is 32.2. The van der Waals surface area contributed by atoms with Crippen LogP contribution in [0.3, 0.4) is 0 Å². The van der Waals surface area contributed by atoms with E-state index in [0.29, 0.717) is 18.0 Å². The minimum absolute atomic E-state index is 0.157. The van der Waals surface area contributed by atoms with Crippen molar-refractivity contribution in [3.05, 3.63) is 29.3 Å². The van der Waals surface area contributed by atoms with Crippen molar-refractivity contribution in [3.63, 3.8) is 0 Å². The monoisotopic (exact) mass is 311 g/mol. The van der Waals surface area contributed by atoms with Gasteiger partial charge in [-0.25, -0.2) is 8.42 Å². The van der Waals surface area contributed by atoms with Crippen molar-refractivity contribution in [3.8, 4) is 0 Å². The largest absolute Gasteiger partial charge is 0.394 e. The average Bonchev–Trinajstić information content (AvgIpc) is 2.54. The summed E-state index contributed by atoms with van der Waals surface area (Å²) in [6.07, 6.45) is 3.88. The van der Waals surface area contributed by atoms with E-state index in [-0.39, 0.29) is 13.2 Å². The van der Waals surface area contributed by atoms with Gasteiger partial charge in [-0.2, -0.15) is 4.31 Å². The number of aliphatic hydroxyl groups excluding tert-OH is 1. The number of sulfonamides is 1. The highest BCUT2D eigenvalue weighted by molar-refractivity contribution is 7.89. The van der Waals surface area contributed by atoms with Gasteiger partial charge in [-0.3, -0.25) is 0 Å². The maximum absolute atomic E-state index is 12.7. The van der Waals surface area contributed by atoms with Crippen molar-refractivity contribution in [2.24, 2.45) is 0 Å². The van der Waals surface area contributed by atoms with E-state index >= 15 is 0 Å². The quantitative estimate of drug-likeness (QED) is 0.902. The average molecular weight is 311 g/mol. The summed E-state index contributed by atoms with van der Waals surface area (Å²) in [5, 5.41) is 9.16. The van der Waals surface area contributed by atoms with Crippen molar-refractivity contribution in [2.75, 3.05) is 26.3 Å². The summed E-state index contributed by atoms with van der Waals surface area (Å²) in [6.45, 7) is 0.734. The highest BCUT2D eigenvalue weighted by Gasteiger charge is 2.31. The van der Waals surface area contributed by atoms with Gasteiger partial charge in [-0.1, -0.05) is 6.07 Å². The van der Waals surface area contributed by atoms with Gasteiger partial charge < -0.3 is 9.84 Å². The molecule has 5 nitrogen and oxygen atoms in total. The Morgan fingerprint density at radius 1 is 1.24 bits per heavy atom. The van der Waals surface area contributed by atoms with Gasteiger partial charge in [0.2, 0.25) is 10.0 Å². The molecule has 0 bridgehead atoms. The first kappa shape index (κ1) is 15.0. The van der Waals surface area contributed by atoms with E-state index < -0.39 is 16.1 Å². The molecule has 1 atom stereocenters. The Hall–Kier alpha value is -0.950. The van der Waals surface area contributed by atoms with Crippen LogP contribution in [0.15, 0.2) is 23.1 Å². The van der Waals surface area contributed by atoms with Gasteiger partial charge in [0.15, 0.2) is 0 Å². The lowest BCUT2D eigenvalue weighted by Gasteiger charge is -2.31. The fourth-order valence-corrected chi connectivity index (χ4v) is 4.55. The third-order valence-electron chi connectivity index (χ3n) is 4.26. The third-order valence-corrected chi connectivity index (χ3v) is 6.12. The summed E-state index contributed by atoms with van der Waals surface area (Å²) >= 11 is 0. The molecule has 0 saturated carbocycles. The molecule has 1 aliphatic heterocycles. The zero-order valence-corrected chi connectivity index (χ0v) is 12.8. The van der Waals surface area contributed by atoms with E-state index in [9.17, 15) is 8.42 Å². The van der Waals surface area contributed by atoms with Crippen LogP contribution in [-0.2, 0) is 27.6 Å². The first-order chi connectivity index (χ1) is 10.1. The molecule has 1 heterocycles. The molecule has 3 rings (SSSR count). The number of rotatable bonds is 3. The van der Waals surface area contributed by atoms with Gasteiger partial charge in [0.1, 0.15) is 0 Å². The summed E-state index contributed by atoms with van der Waals surface area (Å²) in [7, 11) is -3.50. The Morgan fingerprint density at radius 3 is 2.76 bits per heavy atom. The second-order valence-electron chi connectivity index (χ2n) is 5.68. The molecule has 1 aromatic rings. The lowest BCUT2D eigenvalue weighted by molar-refractivity contribution is -0.0304. The predicted molar refractivity (Wildman–Crippen MR) is 78.7 cm³/mol. The third kappa shape index (κ3) is 2.99. The maximum atomic E-state index is 12.7. The van der Waals surface area contributed by atoms with Gasteiger partial charge in [-0.15, -0.1) is 0 Å². The number of nitrogens with zero attached hydrogens (tertiary/aromatic N) is 1. The lowest BCUT2D eigenvalue weighted by Crippen LogP contribution is -2.46. The normalized spacial score (nSPS) is 23.8. The second-order valence-corrected chi connectivity index (χ2v) is 7.61. The zero-order chi connectivity index (χ0) is 14.9. The molecule has 0 aromatic heterocycles. The summed E-state index contributed by atoms with van der Waals surface area (Å²) in [5.74, 6) is 0. The maximum Gasteiger partial charge on any atom is 0.243 e. The number of morpholine rings is 1. The van der Waals surface area contributed by atoms with Crippen LogP contribution < -0.4 is 0 Å². The number of aliphatic hydroxyl groups is 1. The van der Waals surface area contributed by atoms with Gasteiger partial charge in [0.25, 0.3) is 0 Å². The predicted octanol–water partition coefficient (Wildman–Crippen LogP) is 0.947. The molecule has 1 aromatic carbocycles. The number of ether oxygens (including phenoxy) is 1. The van der Waals surface area contributed by atoms with Gasteiger partial charge in [0, 0.05) is 13.1 Å². The summed E-state index contributed by atoms with van der Waals surface area (Å²) in [4.78, 5) is 0.363. The van der Waals surface area contributed by atoms with Crippen LogP contribution in [0.4, 0.5) is 0 Å². The molecule has 1 aliphatic carbocycles. The summed E-state index contributed by atoms with van der Waals surface area (Å²) in [5.41, 5.74) is 2.43. The number of fused-ring (bicyclic) bond motifs is 1. The Bertz CT molecular complexity index is 614. The Labute approximate surface area is 125 Å². The van der Waals surface area contributed by atoms with Crippen LogP contribution in [0.2, 0.25) is 0 Å². The Balaban J connectivity index is 1.87. The molecule has 1 N–H and O–H groups in total. The number of aryl methyl sites for hydroxylation is 2. The zero-order valence-electron chi connectivity index (χ0n) is 12.0. The van der Waals surface area contributed by atoms with E-state index in [1.54, 1.807) is 6.07 Å². The van der Waals surface area contributed by atoms with Gasteiger partial charge in [-0.05, 0) is 48.9 Å². The number of benzene rings is 1. The van der Waals surface area contributed by atoms with Gasteiger partial charge >= 0.3 is 0 Å². The van der Waals surface area contributed by atoms with Crippen molar-refractivity contribution in [1.82, 2.24) is 4.31 Å². The van der Waals surface area contributed by atoms with Crippen molar-refractivity contribution >= 4 is 10.0 Å². The first-order valence-electron chi connectivity index (χ1n) is 7.45. The van der Waals surface area contributed by atoms with Crippen LogP contribution >= 0.6 is 0 Å². The van der Waals surface area contributed by atoms with E-state index in [4.69, 9.17) is 9.84 Å². The van der Waals surface area contributed by atoms with Crippen LogP contribution in [0.25, 0.3) is 0 Å². The molecule has 0 spiro atoms. The molecule has 116 valence electrons. The van der Waals surface area contributed by atoms with Crippen LogP contribution in [0.1, 0.15) is 24.0 Å². The van der Waals surface area contributed by atoms with E-state index in [1.807, 2.05) is 12.1 Å². The van der Waals surface area contributed by atoms with Crippen molar-refractivity contribution in [2.45, 2.75) is 36.7 Å². The van der Waals surface area contributed by atoms with Gasteiger partial charge in [0.05, 0.1) is 24.2 Å². The highest BCUT2D eigenvalue weighted by Crippen LogP contribution is 2.26. The first-order valence-corrected chi connectivity index (χ1v) is 8.89. The molecular formula is C15H21NO4S. The second kappa shape index (κ2) is 6.04. The van der Waals surface area contributed by atoms with Crippen LogP contribution in [-0.4, -0.2) is 50.2 Å². The standard InChI is InChI=1S/C15H21NO4S/c17-11-14-10-16(7-8-20-14)21(18,19)15-6-5-12-3-1-2-4-13(12)9-15/h5-6,9,14,17H,1-4,7-8,10-11H2. The highest BCUT2D eigenvalue weighted by atomic mass is 32.2. The molecule has 1 unspecified atom stereocenters. The van der Waals surface area contributed by atoms with Crippen LogP contribution in [0, 0.1) is 0 Å². The molecule has 21 heavy (non-hydrogen) atoms. The van der Waals surface area contributed by atoms with E-state index in [2.05, 4.69) is 0 Å².